The predicted molar refractivity (Wildman–Crippen MR) is 75.4 cm³/mol. The molecule has 1 aliphatic heterocycles. The van der Waals surface area contributed by atoms with Gasteiger partial charge in [0.15, 0.2) is 0 Å². The van der Waals surface area contributed by atoms with Crippen LogP contribution >= 0.6 is 0 Å². The van der Waals surface area contributed by atoms with Gasteiger partial charge in [-0.1, -0.05) is 12.8 Å². The molecular formula is C14H29N3O. The Labute approximate surface area is 111 Å². The molecular weight excluding hydrogens is 226 g/mol. The average Bonchev–Trinajstić information content (AvgIpc) is 2.62. The van der Waals surface area contributed by atoms with E-state index in [4.69, 9.17) is 5.73 Å². The lowest BCUT2D eigenvalue weighted by molar-refractivity contribution is -0.132. The Balaban J connectivity index is 2.43. The van der Waals surface area contributed by atoms with Gasteiger partial charge in [0.1, 0.15) is 0 Å². The molecule has 0 spiro atoms. The zero-order valence-corrected chi connectivity index (χ0v) is 12.0. The van der Waals surface area contributed by atoms with E-state index < -0.39 is 0 Å². The normalized spacial score (nSPS) is 17.3. The third-order valence-corrected chi connectivity index (χ3v) is 3.68. The molecule has 0 bridgehead atoms. The van der Waals surface area contributed by atoms with Gasteiger partial charge in [-0.2, -0.15) is 0 Å². The smallest absolute Gasteiger partial charge is 0.236 e. The lowest BCUT2D eigenvalue weighted by Gasteiger charge is -2.29. The summed E-state index contributed by atoms with van der Waals surface area (Å²) >= 11 is 0. The Kier molecular flexibility index (Phi) is 7.28. The highest BCUT2D eigenvalue weighted by Gasteiger charge is 2.19. The van der Waals surface area contributed by atoms with Crippen LogP contribution in [-0.4, -0.2) is 54.5 Å². The minimum atomic E-state index is 0.294. The topological polar surface area (TPSA) is 49.6 Å². The summed E-state index contributed by atoms with van der Waals surface area (Å²) in [6.07, 6.45) is 5.83. The van der Waals surface area contributed by atoms with E-state index in [-0.39, 0.29) is 0 Å². The minimum absolute atomic E-state index is 0.294. The molecule has 0 aromatic carbocycles. The quantitative estimate of drug-likeness (QED) is 0.781. The van der Waals surface area contributed by atoms with Gasteiger partial charge in [0, 0.05) is 25.7 Å². The lowest BCUT2D eigenvalue weighted by atomic mass is 10.2. The van der Waals surface area contributed by atoms with Crippen LogP contribution in [0.15, 0.2) is 0 Å². The molecule has 106 valence electrons. The molecule has 4 nitrogen and oxygen atoms in total. The van der Waals surface area contributed by atoms with E-state index in [9.17, 15) is 4.79 Å². The number of amides is 1. The Bertz CT molecular complexity index is 235. The fourth-order valence-corrected chi connectivity index (χ4v) is 2.41. The molecule has 0 aromatic heterocycles. The Morgan fingerprint density at radius 2 is 1.83 bits per heavy atom. The van der Waals surface area contributed by atoms with E-state index >= 15 is 0 Å². The van der Waals surface area contributed by atoms with Crippen molar-refractivity contribution in [3.63, 3.8) is 0 Å². The van der Waals surface area contributed by atoms with Gasteiger partial charge in [-0.15, -0.1) is 0 Å². The summed E-state index contributed by atoms with van der Waals surface area (Å²) in [6, 6.07) is 0.410. The van der Waals surface area contributed by atoms with Crippen molar-refractivity contribution >= 4 is 5.91 Å². The number of hydrogen-bond donors (Lipinski definition) is 1. The maximum atomic E-state index is 12.3. The Hall–Kier alpha value is -0.610. The van der Waals surface area contributed by atoms with Gasteiger partial charge in [0.25, 0.3) is 0 Å². The van der Waals surface area contributed by atoms with Crippen LogP contribution in [-0.2, 0) is 4.79 Å². The molecule has 0 aliphatic carbocycles. The molecule has 0 atom stereocenters. The number of nitrogens with two attached hydrogens (primary N) is 1. The number of carbonyl (C=O) groups excluding carboxylic acids is 1. The lowest BCUT2D eigenvalue weighted by Crippen LogP contribution is -2.44. The van der Waals surface area contributed by atoms with Crippen molar-refractivity contribution < 1.29 is 4.79 Å². The van der Waals surface area contributed by atoms with Crippen LogP contribution in [0.3, 0.4) is 0 Å². The van der Waals surface area contributed by atoms with Gasteiger partial charge in [0.05, 0.1) is 6.54 Å². The van der Waals surface area contributed by atoms with Crippen molar-refractivity contribution in [2.45, 2.75) is 52.0 Å². The molecule has 0 unspecified atom stereocenters. The van der Waals surface area contributed by atoms with Crippen molar-refractivity contribution in [3.05, 3.63) is 0 Å². The van der Waals surface area contributed by atoms with Crippen molar-refractivity contribution in [2.75, 3.05) is 32.7 Å². The first-order valence-corrected chi connectivity index (χ1v) is 7.37. The molecule has 2 N–H and O–H groups in total. The molecule has 4 heteroatoms. The highest BCUT2D eigenvalue weighted by Crippen LogP contribution is 2.10. The molecule has 0 saturated carbocycles. The summed E-state index contributed by atoms with van der Waals surface area (Å²) in [6.45, 7) is 8.36. The fourth-order valence-electron chi connectivity index (χ4n) is 2.41. The van der Waals surface area contributed by atoms with Crippen molar-refractivity contribution in [1.29, 1.82) is 0 Å². The zero-order chi connectivity index (χ0) is 13.4. The van der Waals surface area contributed by atoms with E-state index in [1.54, 1.807) is 0 Å². The molecule has 0 aromatic rings. The summed E-state index contributed by atoms with van der Waals surface area (Å²) in [5.41, 5.74) is 5.55. The summed E-state index contributed by atoms with van der Waals surface area (Å²) in [5.74, 6) is 0.294. The van der Waals surface area contributed by atoms with Gasteiger partial charge in [-0.25, -0.2) is 0 Å². The molecule has 1 fully saturated rings. The molecule has 1 heterocycles. The summed E-state index contributed by atoms with van der Waals surface area (Å²) in [4.78, 5) is 16.6. The van der Waals surface area contributed by atoms with E-state index in [0.29, 0.717) is 25.0 Å². The number of nitrogens with zero attached hydrogens (tertiary/aromatic N) is 2. The van der Waals surface area contributed by atoms with E-state index in [1.165, 1.54) is 12.8 Å². The maximum absolute atomic E-state index is 12.3. The van der Waals surface area contributed by atoms with Gasteiger partial charge in [0.2, 0.25) is 5.91 Å². The number of carbonyl (C=O) groups is 1. The highest BCUT2D eigenvalue weighted by molar-refractivity contribution is 5.78. The van der Waals surface area contributed by atoms with E-state index in [2.05, 4.69) is 18.7 Å². The third-order valence-electron chi connectivity index (χ3n) is 3.68. The summed E-state index contributed by atoms with van der Waals surface area (Å²) in [5, 5.41) is 0. The van der Waals surface area contributed by atoms with E-state index in [0.717, 1.165) is 38.9 Å². The predicted octanol–water partition coefficient (Wildman–Crippen LogP) is 1.45. The van der Waals surface area contributed by atoms with Crippen LogP contribution in [0.25, 0.3) is 0 Å². The third kappa shape index (κ3) is 5.36. The van der Waals surface area contributed by atoms with Crippen molar-refractivity contribution in [3.8, 4) is 0 Å². The maximum Gasteiger partial charge on any atom is 0.236 e. The minimum Gasteiger partial charge on any atom is -0.342 e. The molecule has 1 rings (SSSR count). The fraction of sp³-hybridized carbons (Fsp3) is 0.929. The monoisotopic (exact) mass is 255 g/mol. The van der Waals surface area contributed by atoms with Crippen molar-refractivity contribution in [1.82, 2.24) is 9.80 Å². The van der Waals surface area contributed by atoms with Crippen LogP contribution in [0.5, 0.6) is 0 Å². The van der Waals surface area contributed by atoms with Crippen LogP contribution in [0, 0.1) is 0 Å². The van der Waals surface area contributed by atoms with Gasteiger partial charge in [-0.05, 0) is 39.7 Å². The van der Waals surface area contributed by atoms with Gasteiger partial charge < -0.3 is 10.6 Å². The Morgan fingerprint density at radius 3 is 2.33 bits per heavy atom. The SMILES string of the molecule is CC(C)N(CCCN)CC(=O)N1CCCCCC1. The highest BCUT2D eigenvalue weighted by atomic mass is 16.2. The standard InChI is InChI=1S/C14H29N3O/c1-13(2)17(11-7-8-15)12-14(18)16-9-5-3-4-6-10-16/h13H,3-12,15H2,1-2H3. The number of hydrogen-bond acceptors (Lipinski definition) is 3. The van der Waals surface area contributed by atoms with Gasteiger partial charge >= 0.3 is 0 Å². The summed E-state index contributed by atoms with van der Waals surface area (Å²) in [7, 11) is 0. The van der Waals surface area contributed by atoms with E-state index in [1.807, 2.05) is 4.90 Å². The first-order chi connectivity index (χ1) is 8.65. The molecule has 1 amide bonds. The van der Waals surface area contributed by atoms with Crippen molar-refractivity contribution in [2.24, 2.45) is 5.73 Å². The van der Waals surface area contributed by atoms with Crippen LogP contribution in [0.2, 0.25) is 0 Å². The van der Waals surface area contributed by atoms with Crippen LogP contribution in [0.4, 0.5) is 0 Å². The molecule has 0 radical (unpaired) electrons. The van der Waals surface area contributed by atoms with Crippen LogP contribution in [0.1, 0.15) is 46.0 Å². The first-order valence-electron chi connectivity index (χ1n) is 7.37. The first kappa shape index (κ1) is 15.4. The second kappa shape index (κ2) is 8.48. The summed E-state index contributed by atoms with van der Waals surface area (Å²) < 4.78 is 0. The average molecular weight is 255 g/mol. The number of rotatable bonds is 6. The molecule has 1 aliphatic rings. The second-order valence-corrected chi connectivity index (χ2v) is 5.50. The second-order valence-electron chi connectivity index (χ2n) is 5.50. The Morgan fingerprint density at radius 1 is 1.22 bits per heavy atom. The molecule has 1 saturated heterocycles. The van der Waals surface area contributed by atoms with Gasteiger partial charge in [-0.3, -0.25) is 9.69 Å². The largest absolute Gasteiger partial charge is 0.342 e. The number of likely N-dealkylation sites (tertiary alicyclic amines) is 1. The van der Waals surface area contributed by atoms with Crippen LogP contribution < -0.4 is 5.73 Å². The molecule has 18 heavy (non-hydrogen) atoms. The zero-order valence-electron chi connectivity index (χ0n) is 12.0.